The van der Waals surface area contributed by atoms with Gasteiger partial charge in [-0.25, -0.2) is 0 Å². The highest BCUT2D eigenvalue weighted by atomic mass is 16.4. The normalized spacial score (nSPS) is 29.9. The molecule has 0 aromatic carbocycles. The van der Waals surface area contributed by atoms with E-state index >= 15 is 0 Å². The van der Waals surface area contributed by atoms with Gasteiger partial charge in [0.15, 0.2) is 0 Å². The molecule has 0 radical (unpaired) electrons. The zero-order valence-electron chi connectivity index (χ0n) is 7.45. The lowest BCUT2D eigenvalue weighted by Crippen LogP contribution is -2.41. The molecule has 0 amide bonds. The van der Waals surface area contributed by atoms with Gasteiger partial charge in [0.05, 0.1) is 0 Å². The first-order chi connectivity index (χ1) is 5.72. The molecule has 1 fully saturated rings. The van der Waals surface area contributed by atoms with E-state index in [0.29, 0.717) is 18.3 Å². The van der Waals surface area contributed by atoms with Crippen molar-refractivity contribution in [2.75, 3.05) is 6.54 Å². The minimum absolute atomic E-state index is 0.301. The third-order valence-electron chi connectivity index (χ3n) is 2.32. The maximum absolute atomic E-state index is 8.25. The van der Waals surface area contributed by atoms with Crippen molar-refractivity contribution in [2.45, 2.75) is 32.2 Å². The van der Waals surface area contributed by atoms with Crippen LogP contribution in [0.1, 0.15) is 26.2 Å². The van der Waals surface area contributed by atoms with Crippen molar-refractivity contribution in [1.29, 1.82) is 0 Å². The summed E-state index contributed by atoms with van der Waals surface area (Å²) in [6, 6.07) is 0.659. The minimum Gasteiger partial charge on any atom is -0.409 e. The van der Waals surface area contributed by atoms with Crippen LogP contribution < -0.4 is 11.1 Å². The van der Waals surface area contributed by atoms with Crippen LogP contribution in [0.5, 0.6) is 0 Å². The van der Waals surface area contributed by atoms with Crippen LogP contribution in [0.25, 0.3) is 0 Å². The molecule has 1 aliphatic carbocycles. The van der Waals surface area contributed by atoms with Crippen LogP contribution in [0.4, 0.5) is 0 Å². The SMILES string of the molecule is CC1CC(NCCC(N)=NO)C1. The summed E-state index contributed by atoms with van der Waals surface area (Å²) < 4.78 is 0. The molecule has 0 aliphatic heterocycles. The topological polar surface area (TPSA) is 70.6 Å². The second kappa shape index (κ2) is 4.30. The van der Waals surface area contributed by atoms with Crippen molar-refractivity contribution in [3.63, 3.8) is 0 Å². The summed E-state index contributed by atoms with van der Waals surface area (Å²) in [6.45, 7) is 3.06. The van der Waals surface area contributed by atoms with Gasteiger partial charge < -0.3 is 16.3 Å². The number of nitrogens with one attached hydrogen (secondary N) is 1. The Bertz CT molecular complexity index is 164. The number of hydrogen-bond acceptors (Lipinski definition) is 3. The molecule has 0 spiro atoms. The third-order valence-corrected chi connectivity index (χ3v) is 2.32. The number of rotatable bonds is 4. The summed E-state index contributed by atoms with van der Waals surface area (Å²) >= 11 is 0. The molecule has 0 bridgehead atoms. The first-order valence-electron chi connectivity index (χ1n) is 4.42. The molecule has 4 heteroatoms. The first kappa shape index (κ1) is 9.32. The fraction of sp³-hybridized carbons (Fsp3) is 0.875. The largest absolute Gasteiger partial charge is 0.409 e. The number of hydrogen-bond donors (Lipinski definition) is 3. The average Bonchev–Trinajstić information content (AvgIpc) is 2.01. The third kappa shape index (κ3) is 2.70. The highest BCUT2D eigenvalue weighted by Crippen LogP contribution is 2.25. The molecule has 0 saturated heterocycles. The highest BCUT2D eigenvalue weighted by Gasteiger charge is 2.24. The van der Waals surface area contributed by atoms with Crippen molar-refractivity contribution < 1.29 is 5.21 Å². The van der Waals surface area contributed by atoms with Gasteiger partial charge in [0.1, 0.15) is 5.84 Å². The smallest absolute Gasteiger partial charge is 0.140 e. The fourth-order valence-electron chi connectivity index (χ4n) is 1.52. The van der Waals surface area contributed by atoms with Crippen LogP contribution in [0, 0.1) is 5.92 Å². The van der Waals surface area contributed by atoms with Gasteiger partial charge in [-0.15, -0.1) is 0 Å². The van der Waals surface area contributed by atoms with Crippen LogP contribution in [0.15, 0.2) is 5.16 Å². The Morgan fingerprint density at radius 1 is 1.67 bits per heavy atom. The number of nitrogens with zero attached hydrogens (tertiary/aromatic N) is 1. The van der Waals surface area contributed by atoms with Gasteiger partial charge in [0.25, 0.3) is 0 Å². The van der Waals surface area contributed by atoms with E-state index in [1.165, 1.54) is 12.8 Å². The average molecular weight is 171 g/mol. The van der Waals surface area contributed by atoms with Crippen LogP contribution in [-0.4, -0.2) is 23.6 Å². The van der Waals surface area contributed by atoms with Crippen LogP contribution in [-0.2, 0) is 0 Å². The van der Waals surface area contributed by atoms with Gasteiger partial charge in [-0.2, -0.15) is 0 Å². The molecule has 12 heavy (non-hydrogen) atoms. The summed E-state index contributed by atoms with van der Waals surface area (Å²) in [5, 5.41) is 14.5. The summed E-state index contributed by atoms with van der Waals surface area (Å²) in [7, 11) is 0. The molecule has 70 valence electrons. The van der Waals surface area contributed by atoms with E-state index in [2.05, 4.69) is 17.4 Å². The predicted molar refractivity (Wildman–Crippen MR) is 48.2 cm³/mol. The lowest BCUT2D eigenvalue weighted by atomic mass is 9.82. The molecule has 1 saturated carbocycles. The Hall–Kier alpha value is -0.770. The second-order valence-corrected chi connectivity index (χ2v) is 3.57. The Kier molecular flexibility index (Phi) is 3.34. The molecule has 1 aliphatic rings. The summed E-state index contributed by atoms with van der Waals surface area (Å²) in [5.41, 5.74) is 5.31. The summed E-state index contributed by atoms with van der Waals surface area (Å²) in [6.07, 6.45) is 3.15. The maximum Gasteiger partial charge on any atom is 0.140 e. The van der Waals surface area contributed by atoms with E-state index in [1.54, 1.807) is 0 Å². The quantitative estimate of drug-likeness (QED) is 0.250. The zero-order chi connectivity index (χ0) is 8.97. The van der Waals surface area contributed by atoms with E-state index in [-0.39, 0.29) is 0 Å². The predicted octanol–water partition coefficient (Wildman–Crippen LogP) is 0.511. The van der Waals surface area contributed by atoms with Crippen molar-refractivity contribution in [3.05, 3.63) is 0 Å². The molecule has 0 unspecified atom stereocenters. The number of amidine groups is 1. The molecule has 4 nitrogen and oxygen atoms in total. The Balaban J connectivity index is 1.96. The van der Waals surface area contributed by atoms with Gasteiger partial charge in [0.2, 0.25) is 0 Å². The monoisotopic (exact) mass is 171 g/mol. The molecule has 0 heterocycles. The Labute approximate surface area is 72.8 Å². The molecule has 0 atom stereocenters. The second-order valence-electron chi connectivity index (χ2n) is 3.57. The first-order valence-corrected chi connectivity index (χ1v) is 4.42. The van der Waals surface area contributed by atoms with Crippen molar-refractivity contribution >= 4 is 5.84 Å². The van der Waals surface area contributed by atoms with E-state index < -0.39 is 0 Å². The van der Waals surface area contributed by atoms with Gasteiger partial charge in [-0.3, -0.25) is 0 Å². The number of nitrogens with two attached hydrogens (primary N) is 1. The minimum atomic E-state index is 0.301. The van der Waals surface area contributed by atoms with Gasteiger partial charge in [-0.05, 0) is 18.8 Å². The maximum atomic E-state index is 8.25. The van der Waals surface area contributed by atoms with E-state index in [9.17, 15) is 0 Å². The lowest BCUT2D eigenvalue weighted by Gasteiger charge is -2.33. The van der Waals surface area contributed by atoms with E-state index in [0.717, 1.165) is 12.5 Å². The zero-order valence-corrected chi connectivity index (χ0v) is 7.45. The van der Waals surface area contributed by atoms with Crippen LogP contribution in [0.2, 0.25) is 0 Å². The molecule has 0 aromatic heterocycles. The standard InChI is InChI=1S/C8H17N3O/c1-6-4-7(5-6)10-3-2-8(9)11-12/h6-7,10,12H,2-5H2,1H3,(H2,9,11). The molecule has 1 rings (SSSR count). The lowest BCUT2D eigenvalue weighted by molar-refractivity contribution is 0.243. The summed E-state index contributed by atoms with van der Waals surface area (Å²) in [4.78, 5) is 0. The highest BCUT2D eigenvalue weighted by molar-refractivity contribution is 5.79. The van der Waals surface area contributed by atoms with Crippen LogP contribution >= 0.6 is 0 Å². The Morgan fingerprint density at radius 2 is 2.33 bits per heavy atom. The molecule has 4 N–H and O–H groups in total. The van der Waals surface area contributed by atoms with E-state index in [4.69, 9.17) is 10.9 Å². The molecular weight excluding hydrogens is 154 g/mol. The fourth-order valence-corrected chi connectivity index (χ4v) is 1.52. The van der Waals surface area contributed by atoms with Gasteiger partial charge >= 0.3 is 0 Å². The van der Waals surface area contributed by atoms with E-state index in [1.807, 2.05) is 0 Å². The van der Waals surface area contributed by atoms with Gasteiger partial charge in [-0.1, -0.05) is 12.1 Å². The Morgan fingerprint density at radius 3 is 2.83 bits per heavy atom. The number of oxime groups is 1. The molecular formula is C8H17N3O. The van der Waals surface area contributed by atoms with Crippen molar-refractivity contribution in [2.24, 2.45) is 16.8 Å². The molecule has 0 aromatic rings. The van der Waals surface area contributed by atoms with Crippen LogP contribution in [0.3, 0.4) is 0 Å². The van der Waals surface area contributed by atoms with Gasteiger partial charge in [0, 0.05) is 19.0 Å². The summed E-state index contributed by atoms with van der Waals surface area (Å²) in [5.74, 6) is 1.17. The van der Waals surface area contributed by atoms with Crippen molar-refractivity contribution in [1.82, 2.24) is 5.32 Å². The van der Waals surface area contributed by atoms with Crippen molar-refractivity contribution in [3.8, 4) is 0 Å².